The molecule has 0 saturated carbocycles. The molecule has 0 amide bonds. The molecule has 8 heteroatoms. The molecule has 0 aliphatic heterocycles. The topological polar surface area (TPSA) is 81.8 Å². The fourth-order valence-electron chi connectivity index (χ4n) is 3.44. The monoisotopic (exact) mass is 497 g/mol. The number of hydrogen-bond donors (Lipinski definition) is 1. The Balaban J connectivity index is 1.34. The highest BCUT2D eigenvalue weighted by molar-refractivity contribution is 7.13. The van der Waals surface area contributed by atoms with Crippen molar-refractivity contribution < 1.29 is 23.8 Å². The summed E-state index contributed by atoms with van der Waals surface area (Å²) in [5.74, 6) is 1.51. The van der Waals surface area contributed by atoms with Crippen molar-refractivity contribution in [1.82, 2.24) is 4.98 Å². The van der Waals surface area contributed by atoms with E-state index < -0.39 is 11.6 Å². The number of hydrogen-bond acceptors (Lipinski definition) is 6. The van der Waals surface area contributed by atoms with Gasteiger partial charge in [-0.2, -0.15) is 0 Å². The van der Waals surface area contributed by atoms with Gasteiger partial charge >= 0.3 is 5.97 Å². The highest BCUT2D eigenvalue weighted by atomic mass is 35.5. The van der Waals surface area contributed by atoms with Gasteiger partial charge in [-0.1, -0.05) is 29.8 Å². The van der Waals surface area contributed by atoms with Crippen LogP contribution in [0.2, 0.25) is 5.02 Å². The van der Waals surface area contributed by atoms with Crippen LogP contribution in [0, 0.1) is 6.92 Å². The van der Waals surface area contributed by atoms with Gasteiger partial charge in [0.2, 0.25) is 11.5 Å². The Morgan fingerprint density at radius 3 is 2.47 bits per heavy atom. The SMILES string of the molecule is Cc1oc(-c2cccs2)nc1CCOc1ccc(CC(C)(Oc2ccc(Cl)cc2)C(=O)O)cc1. The summed E-state index contributed by atoms with van der Waals surface area (Å²) >= 11 is 7.49. The van der Waals surface area contributed by atoms with Gasteiger partial charge in [-0.15, -0.1) is 11.3 Å². The molecule has 4 rings (SSSR count). The highest BCUT2D eigenvalue weighted by Crippen LogP contribution is 2.27. The summed E-state index contributed by atoms with van der Waals surface area (Å²) in [4.78, 5) is 17.5. The van der Waals surface area contributed by atoms with Crippen molar-refractivity contribution >= 4 is 28.9 Å². The molecule has 0 radical (unpaired) electrons. The van der Waals surface area contributed by atoms with Gasteiger partial charge in [0.1, 0.15) is 17.3 Å². The van der Waals surface area contributed by atoms with Crippen LogP contribution in [0.4, 0.5) is 0 Å². The summed E-state index contributed by atoms with van der Waals surface area (Å²) in [7, 11) is 0. The third-order valence-corrected chi connectivity index (χ3v) is 6.42. The first-order chi connectivity index (χ1) is 16.3. The minimum atomic E-state index is -1.43. The van der Waals surface area contributed by atoms with Crippen LogP contribution in [0.15, 0.2) is 70.5 Å². The van der Waals surface area contributed by atoms with Crippen molar-refractivity contribution in [2.75, 3.05) is 6.61 Å². The fourth-order valence-corrected chi connectivity index (χ4v) is 4.22. The lowest BCUT2D eigenvalue weighted by atomic mass is 9.96. The Morgan fingerprint density at radius 2 is 1.82 bits per heavy atom. The van der Waals surface area contributed by atoms with Crippen molar-refractivity contribution in [3.63, 3.8) is 0 Å². The van der Waals surface area contributed by atoms with Gasteiger partial charge < -0.3 is 19.0 Å². The molecule has 0 spiro atoms. The number of aliphatic carboxylic acids is 1. The number of rotatable bonds is 10. The maximum Gasteiger partial charge on any atom is 0.348 e. The van der Waals surface area contributed by atoms with E-state index in [1.54, 1.807) is 42.5 Å². The number of ether oxygens (including phenoxy) is 2. The Kier molecular flexibility index (Phi) is 7.24. The molecule has 2 heterocycles. The number of benzene rings is 2. The Morgan fingerprint density at radius 1 is 1.12 bits per heavy atom. The molecule has 0 aliphatic carbocycles. The number of carboxylic acid groups (broad SMARTS) is 1. The second-order valence-electron chi connectivity index (χ2n) is 8.01. The average molecular weight is 498 g/mol. The van der Waals surface area contributed by atoms with E-state index in [0.29, 0.717) is 35.4 Å². The Bertz CT molecular complexity index is 1240. The third-order valence-electron chi connectivity index (χ3n) is 5.31. The van der Waals surface area contributed by atoms with Gasteiger partial charge in [0, 0.05) is 17.9 Å². The lowest BCUT2D eigenvalue weighted by Gasteiger charge is -2.26. The third kappa shape index (κ3) is 5.79. The molecular formula is C26H24ClNO5S. The normalized spacial score (nSPS) is 12.8. The largest absolute Gasteiger partial charge is 0.493 e. The van der Waals surface area contributed by atoms with Crippen molar-refractivity contribution in [3.8, 4) is 22.3 Å². The van der Waals surface area contributed by atoms with E-state index in [0.717, 1.165) is 21.9 Å². The Labute approximate surface area is 206 Å². The second-order valence-corrected chi connectivity index (χ2v) is 9.39. The quantitative estimate of drug-likeness (QED) is 0.271. The number of aryl methyl sites for hydroxylation is 1. The first kappa shape index (κ1) is 23.9. The van der Waals surface area contributed by atoms with Gasteiger partial charge in [0.15, 0.2) is 0 Å². The number of carboxylic acids is 1. The maximum atomic E-state index is 12.0. The zero-order chi connectivity index (χ0) is 24.1. The Hall–Kier alpha value is -3.29. The molecule has 1 N–H and O–H groups in total. The predicted octanol–water partition coefficient (Wildman–Crippen LogP) is 6.45. The van der Waals surface area contributed by atoms with Crippen LogP contribution in [0.25, 0.3) is 10.8 Å². The first-order valence-electron chi connectivity index (χ1n) is 10.7. The molecule has 1 atom stereocenters. The van der Waals surface area contributed by atoms with E-state index in [9.17, 15) is 9.90 Å². The van der Waals surface area contributed by atoms with Crippen LogP contribution in [0.5, 0.6) is 11.5 Å². The molecule has 1 unspecified atom stereocenters. The fraction of sp³-hybridized carbons (Fsp3) is 0.231. The molecule has 0 bridgehead atoms. The molecule has 176 valence electrons. The number of oxazole rings is 1. The van der Waals surface area contributed by atoms with Crippen molar-refractivity contribution in [1.29, 1.82) is 0 Å². The van der Waals surface area contributed by atoms with Crippen LogP contribution in [-0.4, -0.2) is 28.3 Å². The smallest absolute Gasteiger partial charge is 0.348 e. The van der Waals surface area contributed by atoms with Crippen molar-refractivity contribution in [2.45, 2.75) is 32.3 Å². The minimum absolute atomic E-state index is 0.189. The van der Waals surface area contributed by atoms with Crippen LogP contribution in [0.1, 0.15) is 23.9 Å². The van der Waals surface area contributed by atoms with Gasteiger partial charge in [-0.05, 0) is 67.3 Å². The number of aromatic nitrogens is 1. The zero-order valence-corrected chi connectivity index (χ0v) is 20.4. The molecule has 2 aromatic heterocycles. The van der Waals surface area contributed by atoms with E-state index in [-0.39, 0.29) is 6.42 Å². The molecule has 6 nitrogen and oxygen atoms in total. The molecule has 0 saturated heterocycles. The summed E-state index contributed by atoms with van der Waals surface area (Å²) < 4.78 is 17.4. The summed E-state index contributed by atoms with van der Waals surface area (Å²) in [6.45, 7) is 3.90. The molecule has 2 aromatic carbocycles. The summed E-state index contributed by atoms with van der Waals surface area (Å²) in [6.07, 6.45) is 0.809. The summed E-state index contributed by atoms with van der Waals surface area (Å²) in [5, 5.41) is 12.3. The standard InChI is InChI=1S/C26H24ClNO5S/c1-17-22(28-24(32-17)23-4-3-15-34-23)13-14-31-20-9-5-18(6-10-20)16-26(2,25(29)30)33-21-11-7-19(27)8-12-21/h3-12,15H,13-14,16H2,1-2H3,(H,29,30). The van der Waals surface area contributed by atoms with Crippen molar-refractivity contribution in [2.24, 2.45) is 0 Å². The van der Waals surface area contributed by atoms with Crippen LogP contribution >= 0.6 is 22.9 Å². The van der Waals surface area contributed by atoms with E-state index in [1.807, 2.05) is 48.7 Å². The number of halogens is 1. The average Bonchev–Trinajstić information content (AvgIpc) is 3.47. The van der Waals surface area contributed by atoms with Gasteiger partial charge in [-0.25, -0.2) is 9.78 Å². The van der Waals surface area contributed by atoms with E-state index in [4.69, 9.17) is 25.5 Å². The summed E-state index contributed by atoms with van der Waals surface area (Å²) in [5.41, 5.74) is 0.261. The highest BCUT2D eigenvalue weighted by Gasteiger charge is 2.36. The van der Waals surface area contributed by atoms with Gasteiger partial charge in [-0.3, -0.25) is 0 Å². The van der Waals surface area contributed by atoms with E-state index >= 15 is 0 Å². The minimum Gasteiger partial charge on any atom is -0.493 e. The molecular weight excluding hydrogens is 474 g/mol. The van der Waals surface area contributed by atoms with E-state index in [2.05, 4.69) is 4.98 Å². The van der Waals surface area contributed by atoms with Crippen LogP contribution in [-0.2, 0) is 17.6 Å². The molecule has 34 heavy (non-hydrogen) atoms. The molecule has 4 aromatic rings. The lowest BCUT2D eigenvalue weighted by Crippen LogP contribution is -2.43. The number of nitrogens with zero attached hydrogens (tertiary/aromatic N) is 1. The lowest BCUT2D eigenvalue weighted by molar-refractivity contribution is -0.153. The summed E-state index contributed by atoms with van der Waals surface area (Å²) in [6, 6.07) is 17.9. The first-order valence-corrected chi connectivity index (χ1v) is 12.0. The van der Waals surface area contributed by atoms with Gasteiger partial charge in [0.25, 0.3) is 0 Å². The van der Waals surface area contributed by atoms with E-state index in [1.165, 1.54) is 0 Å². The van der Waals surface area contributed by atoms with Crippen LogP contribution in [0.3, 0.4) is 0 Å². The predicted molar refractivity (Wildman–Crippen MR) is 132 cm³/mol. The number of thiophene rings is 1. The second kappa shape index (κ2) is 10.3. The maximum absolute atomic E-state index is 12.0. The van der Waals surface area contributed by atoms with Crippen LogP contribution < -0.4 is 9.47 Å². The zero-order valence-electron chi connectivity index (χ0n) is 18.8. The van der Waals surface area contributed by atoms with Crippen molar-refractivity contribution in [3.05, 3.63) is 88.1 Å². The molecule has 0 fully saturated rings. The number of carbonyl (C=O) groups is 1. The molecule has 0 aliphatic rings. The van der Waals surface area contributed by atoms with Gasteiger partial charge in [0.05, 0.1) is 17.2 Å².